The zero-order valence-electron chi connectivity index (χ0n) is 10.8. The van der Waals surface area contributed by atoms with Crippen molar-refractivity contribution < 1.29 is 9.84 Å². The molecule has 0 bridgehead atoms. The molecular formula is C12H18ClN3O2. The van der Waals surface area contributed by atoms with Crippen molar-refractivity contribution in [2.75, 3.05) is 25.1 Å². The van der Waals surface area contributed by atoms with Gasteiger partial charge in [0.2, 0.25) is 0 Å². The highest BCUT2D eigenvalue weighted by molar-refractivity contribution is 6.29. The molecule has 1 fully saturated rings. The van der Waals surface area contributed by atoms with Crippen LogP contribution in [-0.2, 0) is 0 Å². The molecule has 18 heavy (non-hydrogen) atoms. The Morgan fingerprint density at radius 3 is 2.50 bits per heavy atom. The lowest BCUT2D eigenvalue weighted by atomic mass is 9.88. The lowest BCUT2D eigenvalue weighted by Gasteiger charge is -2.39. The maximum absolute atomic E-state index is 9.96. The molecule has 3 atom stereocenters. The smallest absolute Gasteiger partial charge is 0.319 e. The van der Waals surface area contributed by atoms with E-state index in [0.717, 1.165) is 18.9 Å². The van der Waals surface area contributed by atoms with E-state index in [4.69, 9.17) is 16.3 Å². The molecule has 6 heteroatoms. The third kappa shape index (κ3) is 2.67. The van der Waals surface area contributed by atoms with Crippen LogP contribution in [0.5, 0.6) is 6.01 Å². The number of nitrogens with zero attached hydrogens (tertiary/aromatic N) is 3. The summed E-state index contributed by atoms with van der Waals surface area (Å²) in [6.07, 6.45) is -0.263. The highest BCUT2D eigenvalue weighted by atomic mass is 35.5. The van der Waals surface area contributed by atoms with Crippen LogP contribution in [0.15, 0.2) is 6.07 Å². The maximum Gasteiger partial charge on any atom is 0.319 e. The van der Waals surface area contributed by atoms with E-state index in [1.807, 2.05) is 13.8 Å². The lowest BCUT2D eigenvalue weighted by molar-refractivity contribution is 0.0527. The van der Waals surface area contributed by atoms with Crippen molar-refractivity contribution >= 4 is 17.4 Å². The fourth-order valence-electron chi connectivity index (χ4n) is 2.37. The van der Waals surface area contributed by atoms with E-state index in [1.165, 1.54) is 7.11 Å². The summed E-state index contributed by atoms with van der Waals surface area (Å²) in [5.41, 5.74) is 0. The Hall–Kier alpha value is -1.07. The van der Waals surface area contributed by atoms with Crippen LogP contribution in [0.2, 0.25) is 5.15 Å². The van der Waals surface area contributed by atoms with Gasteiger partial charge in [0.1, 0.15) is 11.0 Å². The SMILES string of the molecule is COc1nc(Cl)cc(N2C[C@@H](C)[C@@H](O)[C@@H](C)C2)n1. The van der Waals surface area contributed by atoms with E-state index >= 15 is 0 Å². The van der Waals surface area contributed by atoms with Crippen LogP contribution in [0.1, 0.15) is 13.8 Å². The van der Waals surface area contributed by atoms with Crippen molar-refractivity contribution in [1.82, 2.24) is 9.97 Å². The van der Waals surface area contributed by atoms with Gasteiger partial charge in [-0.05, 0) is 11.8 Å². The second-order valence-corrected chi connectivity index (χ2v) is 5.27. The van der Waals surface area contributed by atoms with Gasteiger partial charge in [0.25, 0.3) is 0 Å². The van der Waals surface area contributed by atoms with Crippen molar-refractivity contribution in [1.29, 1.82) is 0 Å². The van der Waals surface area contributed by atoms with Crippen LogP contribution in [0.4, 0.5) is 5.82 Å². The predicted octanol–water partition coefficient (Wildman–Crippen LogP) is 1.59. The summed E-state index contributed by atoms with van der Waals surface area (Å²) < 4.78 is 5.02. The first-order chi connectivity index (χ1) is 8.51. The molecule has 2 heterocycles. The van der Waals surface area contributed by atoms with Gasteiger partial charge in [0.05, 0.1) is 13.2 Å². The number of hydrogen-bond acceptors (Lipinski definition) is 5. The van der Waals surface area contributed by atoms with Gasteiger partial charge in [0.15, 0.2) is 0 Å². The zero-order chi connectivity index (χ0) is 13.3. The summed E-state index contributed by atoms with van der Waals surface area (Å²) >= 11 is 5.94. The van der Waals surface area contributed by atoms with Crippen molar-refractivity contribution in [3.8, 4) is 6.01 Å². The second kappa shape index (κ2) is 5.28. The standard InChI is InChI=1S/C12H18ClN3O2/c1-7-5-16(6-8(2)11(7)17)10-4-9(13)14-12(15-10)18-3/h4,7-8,11,17H,5-6H2,1-3H3/t7-,8+,11-. The van der Waals surface area contributed by atoms with E-state index in [1.54, 1.807) is 6.07 Å². The first-order valence-electron chi connectivity index (χ1n) is 6.03. The maximum atomic E-state index is 9.96. The van der Waals surface area contributed by atoms with E-state index < -0.39 is 0 Å². The molecule has 1 saturated heterocycles. The highest BCUT2D eigenvalue weighted by Crippen LogP contribution is 2.27. The van der Waals surface area contributed by atoms with Gasteiger partial charge in [-0.15, -0.1) is 0 Å². The Morgan fingerprint density at radius 1 is 1.33 bits per heavy atom. The Labute approximate surface area is 112 Å². The molecule has 1 aliphatic heterocycles. The van der Waals surface area contributed by atoms with Crippen LogP contribution < -0.4 is 9.64 Å². The lowest BCUT2D eigenvalue weighted by Crippen LogP contribution is -2.47. The number of rotatable bonds is 2. The van der Waals surface area contributed by atoms with E-state index in [9.17, 15) is 5.11 Å². The second-order valence-electron chi connectivity index (χ2n) is 4.89. The molecule has 1 aliphatic rings. The number of piperidine rings is 1. The van der Waals surface area contributed by atoms with Crippen LogP contribution in [0.25, 0.3) is 0 Å². The molecule has 0 spiro atoms. The Morgan fingerprint density at radius 2 is 1.94 bits per heavy atom. The van der Waals surface area contributed by atoms with Crippen LogP contribution in [-0.4, -0.2) is 41.4 Å². The van der Waals surface area contributed by atoms with E-state index in [0.29, 0.717) is 5.15 Å². The Bertz CT molecular complexity index is 418. The number of halogens is 1. The highest BCUT2D eigenvalue weighted by Gasteiger charge is 2.31. The molecule has 100 valence electrons. The Balaban J connectivity index is 2.23. The van der Waals surface area contributed by atoms with Gasteiger partial charge < -0.3 is 14.7 Å². The van der Waals surface area contributed by atoms with Crippen LogP contribution >= 0.6 is 11.6 Å². The molecule has 2 rings (SSSR count). The first-order valence-corrected chi connectivity index (χ1v) is 6.40. The van der Waals surface area contributed by atoms with Crippen molar-refractivity contribution in [2.24, 2.45) is 11.8 Å². The minimum atomic E-state index is -0.263. The fourth-order valence-corrected chi connectivity index (χ4v) is 2.54. The van der Waals surface area contributed by atoms with Crippen molar-refractivity contribution in [2.45, 2.75) is 20.0 Å². The summed E-state index contributed by atoms with van der Waals surface area (Å²) in [6, 6.07) is 1.99. The number of methoxy groups -OCH3 is 1. The molecule has 5 nitrogen and oxygen atoms in total. The molecule has 1 aromatic heterocycles. The molecule has 0 amide bonds. The molecule has 1 aromatic rings. The first kappa shape index (κ1) is 13.4. The molecule has 0 unspecified atom stereocenters. The molecule has 1 N–H and O–H groups in total. The quantitative estimate of drug-likeness (QED) is 0.828. The summed E-state index contributed by atoms with van der Waals surface area (Å²) in [4.78, 5) is 10.4. The monoisotopic (exact) mass is 271 g/mol. The third-order valence-corrected chi connectivity index (χ3v) is 3.54. The molecule has 0 saturated carbocycles. The largest absolute Gasteiger partial charge is 0.467 e. The summed E-state index contributed by atoms with van der Waals surface area (Å²) in [6.45, 7) is 5.57. The molecule has 0 aromatic carbocycles. The van der Waals surface area contributed by atoms with Crippen molar-refractivity contribution in [3.63, 3.8) is 0 Å². The zero-order valence-corrected chi connectivity index (χ0v) is 11.6. The molecule has 0 aliphatic carbocycles. The number of anilines is 1. The number of ether oxygens (including phenoxy) is 1. The van der Waals surface area contributed by atoms with Gasteiger partial charge in [-0.3, -0.25) is 0 Å². The van der Waals surface area contributed by atoms with Gasteiger partial charge in [0, 0.05) is 19.2 Å². The third-order valence-electron chi connectivity index (χ3n) is 3.35. The van der Waals surface area contributed by atoms with Gasteiger partial charge in [-0.1, -0.05) is 25.4 Å². The minimum Gasteiger partial charge on any atom is -0.467 e. The molecule has 0 radical (unpaired) electrons. The normalized spacial score (nSPS) is 28.3. The predicted molar refractivity (Wildman–Crippen MR) is 70.1 cm³/mol. The number of hydrogen-bond donors (Lipinski definition) is 1. The van der Waals surface area contributed by atoms with Crippen LogP contribution in [0.3, 0.4) is 0 Å². The summed E-state index contributed by atoms with van der Waals surface area (Å²) in [5.74, 6) is 1.15. The van der Waals surface area contributed by atoms with Crippen LogP contribution in [0, 0.1) is 11.8 Å². The average molecular weight is 272 g/mol. The average Bonchev–Trinajstić information content (AvgIpc) is 2.34. The minimum absolute atomic E-state index is 0.202. The summed E-state index contributed by atoms with van der Waals surface area (Å²) in [7, 11) is 1.51. The van der Waals surface area contributed by atoms with Gasteiger partial charge in [-0.2, -0.15) is 9.97 Å². The number of aliphatic hydroxyl groups is 1. The van der Waals surface area contributed by atoms with Gasteiger partial charge in [-0.25, -0.2) is 0 Å². The molecular weight excluding hydrogens is 254 g/mol. The topological polar surface area (TPSA) is 58.5 Å². The van der Waals surface area contributed by atoms with Crippen molar-refractivity contribution in [3.05, 3.63) is 11.2 Å². The Kier molecular flexibility index (Phi) is 3.92. The van der Waals surface area contributed by atoms with E-state index in [2.05, 4.69) is 14.9 Å². The number of aromatic nitrogens is 2. The fraction of sp³-hybridized carbons (Fsp3) is 0.667. The number of aliphatic hydroxyl groups excluding tert-OH is 1. The van der Waals surface area contributed by atoms with E-state index in [-0.39, 0.29) is 24.0 Å². The van der Waals surface area contributed by atoms with Gasteiger partial charge >= 0.3 is 6.01 Å². The summed E-state index contributed by atoms with van der Waals surface area (Å²) in [5, 5.41) is 10.3.